The Morgan fingerprint density at radius 3 is 2.50 bits per heavy atom. The number of rotatable bonds is 5. The molecular weight excluding hydrogens is 378 g/mol. The highest BCUT2D eigenvalue weighted by Crippen LogP contribution is 2.30. The molecule has 1 unspecified atom stereocenters. The summed E-state index contributed by atoms with van der Waals surface area (Å²) in [5.41, 5.74) is 2.60. The Kier molecular flexibility index (Phi) is 4.99. The van der Waals surface area contributed by atoms with Crippen LogP contribution in [-0.4, -0.2) is 59.4 Å². The Morgan fingerprint density at radius 1 is 1.18 bits per heavy atom. The third kappa shape index (κ3) is 4.11. The van der Waals surface area contributed by atoms with E-state index in [1.807, 2.05) is 36.1 Å². The van der Waals surface area contributed by atoms with Gasteiger partial charge in [-0.2, -0.15) is 5.10 Å². The first-order valence-corrected chi connectivity index (χ1v) is 11.6. The van der Waals surface area contributed by atoms with Crippen LogP contribution < -0.4 is 0 Å². The summed E-state index contributed by atoms with van der Waals surface area (Å²) in [5.74, 6) is -0.335. The Balaban J connectivity index is 1.53. The van der Waals surface area contributed by atoms with E-state index in [2.05, 4.69) is 5.10 Å². The first kappa shape index (κ1) is 19.1. The quantitative estimate of drug-likeness (QED) is 0.748. The lowest BCUT2D eigenvalue weighted by Gasteiger charge is -2.30. The van der Waals surface area contributed by atoms with Gasteiger partial charge in [0.25, 0.3) is 5.91 Å². The van der Waals surface area contributed by atoms with E-state index in [0.29, 0.717) is 25.1 Å². The van der Waals surface area contributed by atoms with Crippen LogP contribution in [0.5, 0.6) is 0 Å². The average Bonchev–Trinajstić information content (AvgIpc) is 3.44. The van der Waals surface area contributed by atoms with Crippen LogP contribution in [0.1, 0.15) is 43.2 Å². The number of hydrogen-bond acceptors (Lipinski definition) is 5. The summed E-state index contributed by atoms with van der Waals surface area (Å²) in [6.07, 6.45) is 2.85. The summed E-state index contributed by atoms with van der Waals surface area (Å²) in [5, 5.41) is 5.60. The second-order valence-corrected chi connectivity index (χ2v) is 10.2. The van der Waals surface area contributed by atoms with Gasteiger partial charge in [-0.1, -0.05) is 29.8 Å². The fourth-order valence-electron chi connectivity index (χ4n) is 3.79. The topological polar surface area (TPSA) is 87.1 Å². The summed E-state index contributed by atoms with van der Waals surface area (Å²) < 4.78 is 23.6. The predicted molar refractivity (Wildman–Crippen MR) is 105 cm³/mol. The molecular formula is C20H25N3O4S. The number of aryl methyl sites for hydroxylation is 1. The van der Waals surface area contributed by atoms with E-state index in [9.17, 15) is 18.0 Å². The molecule has 28 heavy (non-hydrogen) atoms. The van der Waals surface area contributed by atoms with Crippen LogP contribution in [0.15, 0.2) is 29.4 Å². The van der Waals surface area contributed by atoms with Gasteiger partial charge in [0.1, 0.15) is 5.71 Å². The van der Waals surface area contributed by atoms with Crippen molar-refractivity contribution < 1.29 is 18.0 Å². The summed E-state index contributed by atoms with van der Waals surface area (Å²) in [4.78, 5) is 27.3. The van der Waals surface area contributed by atoms with Crippen LogP contribution in [0.25, 0.3) is 0 Å². The van der Waals surface area contributed by atoms with Crippen LogP contribution in [0.3, 0.4) is 0 Å². The van der Waals surface area contributed by atoms with Crippen molar-refractivity contribution in [3.05, 3.63) is 35.4 Å². The maximum Gasteiger partial charge on any atom is 0.270 e. The molecule has 0 N–H and O–H groups in total. The Morgan fingerprint density at radius 2 is 1.89 bits per heavy atom. The van der Waals surface area contributed by atoms with Crippen molar-refractivity contribution in [1.82, 2.24) is 9.91 Å². The van der Waals surface area contributed by atoms with E-state index >= 15 is 0 Å². The second-order valence-electron chi connectivity index (χ2n) is 7.99. The Hall–Kier alpha value is -2.22. The number of benzene rings is 1. The maximum absolute atomic E-state index is 13.2. The molecule has 150 valence electrons. The number of hydrogen-bond donors (Lipinski definition) is 0. The van der Waals surface area contributed by atoms with E-state index in [0.717, 1.165) is 18.4 Å². The number of hydrazone groups is 1. The average molecular weight is 404 g/mol. The highest BCUT2D eigenvalue weighted by Gasteiger charge is 2.40. The first-order valence-electron chi connectivity index (χ1n) is 9.79. The molecule has 3 aliphatic rings. The number of carbonyl (C=O) groups is 2. The van der Waals surface area contributed by atoms with Gasteiger partial charge in [-0.25, -0.2) is 13.4 Å². The summed E-state index contributed by atoms with van der Waals surface area (Å²) in [6.45, 7) is 2.55. The van der Waals surface area contributed by atoms with Gasteiger partial charge in [0.2, 0.25) is 5.91 Å². The normalized spacial score (nSPS) is 24.2. The third-order valence-electron chi connectivity index (χ3n) is 5.58. The molecule has 7 nitrogen and oxygen atoms in total. The van der Waals surface area contributed by atoms with Gasteiger partial charge in [-0.3, -0.25) is 9.59 Å². The molecule has 1 saturated carbocycles. The molecule has 1 saturated heterocycles. The van der Waals surface area contributed by atoms with Gasteiger partial charge >= 0.3 is 0 Å². The molecule has 1 aromatic carbocycles. The molecule has 1 aliphatic carbocycles. The molecule has 8 heteroatoms. The van der Waals surface area contributed by atoms with Crippen molar-refractivity contribution in [2.75, 3.05) is 11.5 Å². The van der Waals surface area contributed by atoms with Gasteiger partial charge in [0.05, 0.1) is 17.5 Å². The first-order chi connectivity index (χ1) is 13.3. The standard InChI is InChI=1S/C20H25N3O4S/c1-14-2-4-15(5-3-14)12-22(16-6-7-16)20(25)18-8-9-19(24)23(21-18)17-10-11-28(26,27)13-17/h2-5,16-17H,6-13H2,1H3. The summed E-state index contributed by atoms with van der Waals surface area (Å²) in [7, 11) is -3.13. The lowest BCUT2D eigenvalue weighted by Crippen LogP contribution is -2.45. The van der Waals surface area contributed by atoms with Crippen LogP contribution in [0, 0.1) is 6.92 Å². The Bertz CT molecular complexity index is 919. The van der Waals surface area contributed by atoms with Crippen LogP contribution in [-0.2, 0) is 26.0 Å². The molecule has 1 atom stereocenters. The van der Waals surface area contributed by atoms with Crippen molar-refractivity contribution in [2.24, 2.45) is 5.10 Å². The van der Waals surface area contributed by atoms with Crippen molar-refractivity contribution in [3.63, 3.8) is 0 Å². The smallest absolute Gasteiger partial charge is 0.270 e. The molecule has 2 heterocycles. The second kappa shape index (κ2) is 7.31. The minimum Gasteiger partial charge on any atom is -0.330 e. The van der Waals surface area contributed by atoms with Gasteiger partial charge in [-0.15, -0.1) is 0 Å². The predicted octanol–water partition coefficient (Wildman–Crippen LogP) is 1.65. The highest BCUT2D eigenvalue weighted by molar-refractivity contribution is 7.91. The van der Waals surface area contributed by atoms with E-state index in [-0.39, 0.29) is 35.8 Å². The van der Waals surface area contributed by atoms with Crippen LogP contribution >= 0.6 is 0 Å². The molecule has 0 bridgehead atoms. The Labute approximate surface area is 165 Å². The lowest BCUT2D eigenvalue weighted by molar-refractivity contribution is -0.134. The van der Waals surface area contributed by atoms with E-state index in [1.54, 1.807) is 0 Å². The minimum atomic E-state index is -3.13. The number of nitrogens with zero attached hydrogens (tertiary/aromatic N) is 3. The van der Waals surface area contributed by atoms with Crippen molar-refractivity contribution in [2.45, 2.75) is 57.7 Å². The largest absolute Gasteiger partial charge is 0.330 e. The van der Waals surface area contributed by atoms with Crippen molar-refractivity contribution in [1.29, 1.82) is 0 Å². The van der Waals surface area contributed by atoms with Crippen LogP contribution in [0.2, 0.25) is 0 Å². The zero-order valence-electron chi connectivity index (χ0n) is 16.0. The summed E-state index contributed by atoms with van der Waals surface area (Å²) in [6, 6.07) is 7.88. The monoisotopic (exact) mass is 403 g/mol. The summed E-state index contributed by atoms with van der Waals surface area (Å²) >= 11 is 0. The van der Waals surface area contributed by atoms with E-state index < -0.39 is 15.9 Å². The van der Waals surface area contributed by atoms with Crippen molar-refractivity contribution >= 4 is 27.4 Å². The van der Waals surface area contributed by atoms with Crippen molar-refractivity contribution in [3.8, 4) is 0 Å². The minimum absolute atomic E-state index is 0.0700. The molecule has 2 aliphatic heterocycles. The molecule has 0 radical (unpaired) electrons. The lowest BCUT2D eigenvalue weighted by atomic mass is 10.1. The molecule has 0 aromatic heterocycles. The zero-order valence-corrected chi connectivity index (χ0v) is 16.8. The highest BCUT2D eigenvalue weighted by atomic mass is 32.2. The molecule has 2 fully saturated rings. The number of carbonyl (C=O) groups excluding carboxylic acids is 2. The van der Waals surface area contributed by atoms with E-state index in [1.165, 1.54) is 10.6 Å². The fraction of sp³-hybridized carbons (Fsp3) is 0.550. The fourth-order valence-corrected chi connectivity index (χ4v) is 5.48. The van der Waals surface area contributed by atoms with E-state index in [4.69, 9.17) is 0 Å². The number of sulfone groups is 1. The molecule has 2 amide bonds. The SMILES string of the molecule is Cc1ccc(CN(C(=O)C2=NN(C3CCS(=O)(=O)C3)C(=O)CC2)C2CC2)cc1. The third-order valence-corrected chi connectivity index (χ3v) is 7.33. The van der Waals surface area contributed by atoms with Gasteiger partial charge in [0.15, 0.2) is 9.84 Å². The molecule has 4 rings (SSSR count). The van der Waals surface area contributed by atoms with Crippen LogP contribution in [0.4, 0.5) is 0 Å². The molecule has 0 spiro atoms. The molecule has 1 aromatic rings. The number of amides is 2. The maximum atomic E-state index is 13.2. The van der Waals surface area contributed by atoms with Gasteiger partial charge in [-0.05, 0) is 31.7 Å². The van der Waals surface area contributed by atoms with Gasteiger partial charge < -0.3 is 4.90 Å². The van der Waals surface area contributed by atoms with Gasteiger partial charge in [0, 0.05) is 25.4 Å². The zero-order chi connectivity index (χ0) is 19.9.